The summed E-state index contributed by atoms with van der Waals surface area (Å²) in [5, 5.41) is 10.2. The van der Waals surface area contributed by atoms with Crippen LogP contribution >= 0.6 is 11.6 Å². The zero-order valence-corrected chi connectivity index (χ0v) is 21.8. The second-order valence-corrected chi connectivity index (χ2v) is 10.9. The molecule has 1 aliphatic heterocycles. The molecule has 2 aromatic carbocycles. The van der Waals surface area contributed by atoms with Crippen LogP contribution in [0, 0.1) is 17.8 Å². The van der Waals surface area contributed by atoms with Crippen LogP contribution in [0.3, 0.4) is 0 Å². The highest BCUT2D eigenvalue weighted by molar-refractivity contribution is 6.32. The van der Waals surface area contributed by atoms with Gasteiger partial charge in [-0.1, -0.05) is 48.4 Å². The second-order valence-electron chi connectivity index (χ2n) is 10.5. The molecule has 4 unspecified atom stereocenters. The van der Waals surface area contributed by atoms with E-state index >= 15 is 0 Å². The first-order valence-corrected chi connectivity index (χ1v) is 13.2. The minimum Gasteiger partial charge on any atom is -0.508 e. The number of rotatable bonds is 3. The molecule has 0 spiro atoms. The molecule has 6 rings (SSSR count). The van der Waals surface area contributed by atoms with Crippen molar-refractivity contribution >= 4 is 40.7 Å². The fourth-order valence-corrected chi connectivity index (χ4v) is 6.91. The van der Waals surface area contributed by atoms with Crippen molar-refractivity contribution in [3.63, 3.8) is 0 Å². The molecule has 0 saturated carbocycles. The molecule has 4 atom stereocenters. The first kappa shape index (κ1) is 24.6. The Balaban J connectivity index is 1.48. The van der Waals surface area contributed by atoms with Gasteiger partial charge in [0.2, 0.25) is 11.8 Å². The Morgan fingerprint density at radius 2 is 1.74 bits per heavy atom. The molecule has 7 heteroatoms. The normalized spacial score (nSPS) is 26.7. The number of carbonyl (C=O) groups is 4. The number of nitrogens with zero attached hydrogens (tertiary/aromatic N) is 1. The molecule has 1 fully saturated rings. The van der Waals surface area contributed by atoms with Crippen LogP contribution in [0.25, 0.3) is 0 Å². The molecule has 192 valence electrons. The number of ketones is 2. The molecule has 0 radical (unpaired) electrons. The first-order valence-electron chi connectivity index (χ1n) is 12.9. The van der Waals surface area contributed by atoms with Crippen molar-refractivity contribution in [2.24, 2.45) is 17.8 Å². The van der Waals surface area contributed by atoms with Crippen molar-refractivity contribution in [2.45, 2.75) is 39.0 Å². The summed E-state index contributed by atoms with van der Waals surface area (Å²) in [7, 11) is 0. The van der Waals surface area contributed by atoms with Crippen LogP contribution in [-0.4, -0.2) is 28.5 Å². The summed E-state index contributed by atoms with van der Waals surface area (Å²) in [6.07, 6.45) is 4.74. The van der Waals surface area contributed by atoms with Crippen molar-refractivity contribution in [1.29, 1.82) is 0 Å². The molecule has 1 heterocycles. The van der Waals surface area contributed by atoms with E-state index < -0.39 is 23.7 Å². The van der Waals surface area contributed by atoms with Gasteiger partial charge in [0.05, 0.1) is 17.5 Å². The van der Waals surface area contributed by atoms with Crippen LogP contribution in [0.4, 0.5) is 5.69 Å². The highest BCUT2D eigenvalue weighted by Crippen LogP contribution is 2.56. The maximum Gasteiger partial charge on any atom is 0.238 e. The van der Waals surface area contributed by atoms with E-state index in [2.05, 4.69) is 0 Å². The van der Waals surface area contributed by atoms with Crippen molar-refractivity contribution < 1.29 is 24.3 Å². The maximum absolute atomic E-state index is 13.9. The molecule has 0 bridgehead atoms. The third-order valence-electron chi connectivity index (χ3n) is 8.46. The Bertz CT molecular complexity index is 1530. The zero-order valence-electron chi connectivity index (χ0n) is 21.0. The van der Waals surface area contributed by atoms with E-state index in [4.69, 9.17) is 11.6 Å². The average Bonchev–Trinajstić information content (AvgIpc) is 3.16. The van der Waals surface area contributed by atoms with E-state index in [1.54, 1.807) is 25.1 Å². The predicted molar refractivity (Wildman–Crippen MR) is 143 cm³/mol. The van der Waals surface area contributed by atoms with E-state index in [0.29, 0.717) is 34.4 Å². The van der Waals surface area contributed by atoms with Crippen molar-refractivity contribution in [3.05, 3.63) is 93.1 Å². The number of Topliss-reactive ketones (excluding diaryl/α,β-unsaturated/α-hetero) is 1. The van der Waals surface area contributed by atoms with Crippen molar-refractivity contribution in [3.8, 4) is 5.75 Å². The van der Waals surface area contributed by atoms with Gasteiger partial charge in [0.25, 0.3) is 0 Å². The number of hydrogen-bond acceptors (Lipinski definition) is 5. The van der Waals surface area contributed by atoms with Crippen molar-refractivity contribution in [2.75, 3.05) is 4.90 Å². The van der Waals surface area contributed by atoms with Gasteiger partial charge in [0, 0.05) is 27.7 Å². The molecule has 1 saturated heterocycles. The lowest BCUT2D eigenvalue weighted by atomic mass is 9.59. The SMILES string of the molecule is CCc1ccc(N2C(=O)C3CC=C4C(c5ccc(O)cc5Cl)C5=C(CC4C3C2=O)C(=O)C(C)=CC5=O)cc1. The van der Waals surface area contributed by atoms with Gasteiger partial charge in [0.15, 0.2) is 11.6 Å². The van der Waals surface area contributed by atoms with Gasteiger partial charge in [-0.05, 0) is 73.6 Å². The number of aryl methyl sites for hydroxylation is 1. The Morgan fingerprint density at radius 3 is 2.42 bits per heavy atom. The number of imide groups is 1. The lowest BCUT2D eigenvalue weighted by Gasteiger charge is -2.42. The Labute approximate surface area is 225 Å². The van der Waals surface area contributed by atoms with Gasteiger partial charge in [-0.2, -0.15) is 0 Å². The van der Waals surface area contributed by atoms with Gasteiger partial charge in [-0.15, -0.1) is 0 Å². The minimum absolute atomic E-state index is 0.0129. The summed E-state index contributed by atoms with van der Waals surface area (Å²) in [5.74, 6) is -3.24. The van der Waals surface area contributed by atoms with E-state index in [1.165, 1.54) is 23.1 Å². The standard InChI is InChI=1S/C31H26ClNO5/c1-3-16-4-6-17(7-5-16)33-30(37)21-11-10-19-22(27(21)31(33)38)14-23-28(25(35)12-15(2)29(23)36)26(19)20-9-8-18(34)13-24(20)32/h4-10,12-13,21-22,26-27,34H,3,11,14H2,1-2H3. The van der Waals surface area contributed by atoms with Crippen LogP contribution in [0.1, 0.15) is 43.7 Å². The summed E-state index contributed by atoms with van der Waals surface area (Å²) >= 11 is 6.58. The second kappa shape index (κ2) is 8.91. The number of phenolic OH excluding ortho intramolecular Hbond substituents is 1. The summed E-state index contributed by atoms with van der Waals surface area (Å²) < 4.78 is 0. The highest BCUT2D eigenvalue weighted by atomic mass is 35.5. The van der Waals surface area contributed by atoms with Crippen LogP contribution in [0.15, 0.2) is 76.9 Å². The summed E-state index contributed by atoms with van der Waals surface area (Å²) in [6, 6.07) is 12.0. The summed E-state index contributed by atoms with van der Waals surface area (Å²) in [6.45, 7) is 3.66. The molecule has 1 N–H and O–H groups in total. The van der Waals surface area contributed by atoms with Crippen LogP contribution in [-0.2, 0) is 25.6 Å². The molecule has 4 aliphatic rings. The number of fused-ring (bicyclic) bond motifs is 3. The first-order chi connectivity index (χ1) is 18.2. The molecule has 38 heavy (non-hydrogen) atoms. The van der Waals surface area contributed by atoms with Gasteiger partial charge < -0.3 is 5.11 Å². The van der Waals surface area contributed by atoms with E-state index in [0.717, 1.165) is 17.6 Å². The van der Waals surface area contributed by atoms with Gasteiger partial charge in [-0.25, -0.2) is 0 Å². The van der Waals surface area contributed by atoms with Gasteiger partial charge >= 0.3 is 0 Å². The maximum atomic E-state index is 13.9. The molecule has 6 nitrogen and oxygen atoms in total. The quantitative estimate of drug-likeness (QED) is 0.335. The number of amides is 2. The number of carbonyl (C=O) groups excluding carboxylic acids is 4. The van der Waals surface area contributed by atoms with Crippen LogP contribution < -0.4 is 4.90 Å². The Kier molecular flexibility index (Phi) is 5.76. The topological polar surface area (TPSA) is 91.8 Å². The number of anilines is 1. The van der Waals surface area contributed by atoms with Gasteiger partial charge in [-0.3, -0.25) is 24.1 Å². The molecule has 2 aromatic rings. The third kappa shape index (κ3) is 3.54. The van der Waals surface area contributed by atoms with Crippen molar-refractivity contribution in [1.82, 2.24) is 0 Å². The molecular formula is C31H26ClNO5. The number of aromatic hydroxyl groups is 1. The third-order valence-corrected chi connectivity index (χ3v) is 8.79. The van der Waals surface area contributed by atoms with Gasteiger partial charge in [0.1, 0.15) is 5.75 Å². The van der Waals surface area contributed by atoms with Crippen LogP contribution in [0.2, 0.25) is 5.02 Å². The number of halogens is 1. The molecular weight excluding hydrogens is 502 g/mol. The highest BCUT2D eigenvalue weighted by Gasteiger charge is 2.56. The fourth-order valence-electron chi connectivity index (χ4n) is 6.62. The zero-order chi connectivity index (χ0) is 26.9. The number of allylic oxidation sites excluding steroid dienone is 6. The Morgan fingerprint density at radius 1 is 1.00 bits per heavy atom. The van der Waals surface area contributed by atoms with E-state index in [9.17, 15) is 24.3 Å². The summed E-state index contributed by atoms with van der Waals surface area (Å²) in [5.41, 5.74) is 4.19. The lowest BCUT2D eigenvalue weighted by molar-refractivity contribution is -0.123. The number of phenols is 1. The number of hydrogen-bond donors (Lipinski definition) is 1. The summed E-state index contributed by atoms with van der Waals surface area (Å²) in [4.78, 5) is 55.4. The molecule has 3 aliphatic carbocycles. The average molecular weight is 528 g/mol. The predicted octanol–water partition coefficient (Wildman–Crippen LogP) is 5.24. The fraction of sp³-hybridized carbons (Fsp3) is 0.290. The van der Waals surface area contributed by atoms with E-state index in [1.807, 2.05) is 25.1 Å². The largest absolute Gasteiger partial charge is 0.508 e. The monoisotopic (exact) mass is 527 g/mol. The minimum atomic E-state index is -0.644. The van der Waals surface area contributed by atoms with Crippen LogP contribution in [0.5, 0.6) is 5.75 Å². The molecule has 0 aromatic heterocycles. The Hall–Kier alpha value is -3.77. The van der Waals surface area contributed by atoms with E-state index in [-0.39, 0.29) is 40.6 Å². The number of benzene rings is 2. The smallest absolute Gasteiger partial charge is 0.238 e. The lowest BCUT2D eigenvalue weighted by Crippen LogP contribution is -2.39. The molecule has 2 amide bonds.